The number of carbonyl (C=O) groups is 2. The molecule has 0 fully saturated rings. The molecule has 1 N–H and O–H groups in total. The quantitative estimate of drug-likeness (QED) is 0.513. The van der Waals surface area contributed by atoms with Gasteiger partial charge in [0.1, 0.15) is 6.04 Å². The van der Waals surface area contributed by atoms with Gasteiger partial charge in [-0.2, -0.15) is 0 Å². The lowest BCUT2D eigenvalue weighted by molar-refractivity contribution is -0.124. The van der Waals surface area contributed by atoms with Gasteiger partial charge < -0.3 is 5.32 Å². The van der Waals surface area contributed by atoms with Crippen LogP contribution in [-0.2, 0) is 16.1 Å². The van der Waals surface area contributed by atoms with Crippen LogP contribution in [0.15, 0.2) is 72.9 Å². The van der Waals surface area contributed by atoms with E-state index in [1.54, 1.807) is 35.4 Å². The van der Waals surface area contributed by atoms with Crippen molar-refractivity contribution in [1.29, 1.82) is 0 Å². The van der Waals surface area contributed by atoms with Crippen molar-refractivity contribution in [3.05, 3.63) is 83.6 Å². The summed E-state index contributed by atoms with van der Waals surface area (Å²) < 4.78 is 1.84. The SMILES string of the molecule is O=C(C[C@H]1C(=O)N(Cc2ccccn2)c2nc3ccccc3n21)Nc1ccccc1Cl. The van der Waals surface area contributed by atoms with Crippen molar-refractivity contribution in [2.75, 3.05) is 10.2 Å². The predicted molar refractivity (Wildman–Crippen MR) is 119 cm³/mol. The van der Waals surface area contributed by atoms with Crippen molar-refractivity contribution in [2.24, 2.45) is 0 Å². The summed E-state index contributed by atoms with van der Waals surface area (Å²) in [5.41, 5.74) is 2.84. The lowest BCUT2D eigenvalue weighted by atomic mass is 10.1. The molecule has 0 bridgehead atoms. The highest BCUT2D eigenvalue weighted by Gasteiger charge is 2.41. The Hall–Kier alpha value is -3.71. The average Bonchev–Trinajstić information content (AvgIpc) is 3.27. The van der Waals surface area contributed by atoms with Gasteiger partial charge in [-0.3, -0.25) is 24.0 Å². The summed E-state index contributed by atoms with van der Waals surface area (Å²) in [4.78, 5) is 36.8. The highest BCUT2D eigenvalue weighted by atomic mass is 35.5. The number of halogens is 1. The van der Waals surface area contributed by atoms with E-state index in [-0.39, 0.29) is 24.8 Å². The van der Waals surface area contributed by atoms with Crippen LogP contribution in [0.3, 0.4) is 0 Å². The van der Waals surface area contributed by atoms with E-state index in [4.69, 9.17) is 11.6 Å². The number of pyridine rings is 1. The molecule has 2 aromatic carbocycles. The van der Waals surface area contributed by atoms with Crippen molar-refractivity contribution in [3.63, 3.8) is 0 Å². The topological polar surface area (TPSA) is 80.1 Å². The minimum Gasteiger partial charge on any atom is -0.325 e. The molecule has 1 aliphatic rings. The molecule has 0 radical (unpaired) electrons. The number of para-hydroxylation sites is 3. The van der Waals surface area contributed by atoms with E-state index in [2.05, 4.69) is 15.3 Å². The third-order valence-corrected chi connectivity index (χ3v) is 5.58. The molecule has 0 aliphatic carbocycles. The Bertz CT molecular complexity index is 1290. The molecule has 154 valence electrons. The number of hydrogen-bond acceptors (Lipinski definition) is 4. The number of hydrogen-bond donors (Lipinski definition) is 1. The largest absolute Gasteiger partial charge is 0.325 e. The van der Waals surface area contributed by atoms with E-state index >= 15 is 0 Å². The zero-order chi connectivity index (χ0) is 21.4. The molecule has 0 saturated carbocycles. The first-order valence-corrected chi connectivity index (χ1v) is 10.2. The summed E-state index contributed by atoms with van der Waals surface area (Å²) in [7, 11) is 0. The van der Waals surface area contributed by atoms with E-state index in [0.29, 0.717) is 16.7 Å². The maximum atomic E-state index is 13.4. The van der Waals surface area contributed by atoms with Gasteiger partial charge in [0, 0.05) is 6.20 Å². The number of imidazole rings is 1. The second kappa shape index (κ2) is 7.85. The molecule has 0 spiro atoms. The Morgan fingerprint density at radius 3 is 2.61 bits per heavy atom. The van der Waals surface area contributed by atoms with Gasteiger partial charge in [0.05, 0.1) is 40.4 Å². The summed E-state index contributed by atoms with van der Waals surface area (Å²) in [6, 6.07) is 19.5. The van der Waals surface area contributed by atoms with Crippen LogP contribution in [0.5, 0.6) is 0 Å². The smallest absolute Gasteiger partial charge is 0.253 e. The van der Waals surface area contributed by atoms with E-state index in [0.717, 1.165) is 16.7 Å². The molecule has 5 rings (SSSR count). The van der Waals surface area contributed by atoms with Crippen molar-refractivity contribution in [3.8, 4) is 0 Å². The number of nitrogens with one attached hydrogen (secondary N) is 1. The lowest BCUT2D eigenvalue weighted by Gasteiger charge is -2.15. The van der Waals surface area contributed by atoms with Crippen LogP contribution in [0, 0.1) is 0 Å². The van der Waals surface area contributed by atoms with Crippen molar-refractivity contribution in [2.45, 2.75) is 19.0 Å². The second-order valence-electron chi connectivity index (χ2n) is 7.26. The first kappa shape index (κ1) is 19.3. The summed E-state index contributed by atoms with van der Waals surface area (Å²) in [6.45, 7) is 0.283. The Balaban J connectivity index is 1.48. The van der Waals surface area contributed by atoms with Crippen LogP contribution in [0.1, 0.15) is 18.2 Å². The van der Waals surface area contributed by atoms with Crippen LogP contribution in [-0.4, -0.2) is 26.3 Å². The van der Waals surface area contributed by atoms with Gasteiger partial charge in [-0.15, -0.1) is 0 Å². The fourth-order valence-corrected chi connectivity index (χ4v) is 4.02. The Morgan fingerprint density at radius 2 is 1.81 bits per heavy atom. The van der Waals surface area contributed by atoms with Crippen LogP contribution in [0.2, 0.25) is 5.02 Å². The number of benzene rings is 2. The molecule has 7 nitrogen and oxygen atoms in total. The number of nitrogens with zero attached hydrogens (tertiary/aromatic N) is 4. The Morgan fingerprint density at radius 1 is 1.03 bits per heavy atom. The molecule has 0 unspecified atom stereocenters. The zero-order valence-electron chi connectivity index (χ0n) is 16.4. The number of fused-ring (bicyclic) bond motifs is 3. The van der Waals surface area contributed by atoms with Gasteiger partial charge in [-0.1, -0.05) is 41.9 Å². The number of amides is 2. The molecule has 0 saturated heterocycles. The molecule has 2 aromatic heterocycles. The van der Waals surface area contributed by atoms with Crippen LogP contribution >= 0.6 is 11.6 Å². The summed E-state index contributed by atoms with van der Waals surface area (Å²) >= 11 is 6.16. The molecule has 31 heavy (non-hydrogen) atoms. The highest BCUT2D eigenvalue weighted by molar-refractivity contribution is 6.33. The third kappa shape index (κ3) is 3.53. The summed E-state index contributed by atoms with van der Waals surface area (Å²) in [5, 5.41) is 3.25. The highest BCUT2D eigenvalue weighted by Crippen LogP contribution is 2.37. The number of aromatic nitrogens is 3. The van der Waals surface area contributed by atoms with E-state index in [1.807, 2.05) is 47.0 Å². The maximum absolute atomic E-state index is 13.4. The minimum atomic E-state index is -0.700. The average molecular weight is 432 g/mol. The normalized spacial score (nSPS) is 15.3. The lowest BCUT2D eigenvalue weighted by Crippen LogP contribution is -2.31. The molecule has 2 amide bonds. The fraction of sp³-hybridized carbons (Fsp3) is 0.130. The minimum absolute atomic E-state index is 0.0316. The van der Waals surface area contributed by atoms with Gasteiger partial charge in [0.2, 0.25) is 11.9 Å². The third-order valence-electron chi connectivity index (χ3n) is 5.25. The van der Waals surface area contributed by atoms with Crippen LogP contribution < -0.4 is 10.2 Å². The first-order valence-electron chi connectivity index (χ1n) is 9.84. The van der Waals surface area contributed by atoms with Crippen molar-refractivity contribution in [1.82, 2.24) is 14.5 Å². The van der Waals surface area contributed by atoms with Gasteiger partial charge in [0.15, 0.2) is 0 Å². The fourth-order valence-electron chi connectivity index (χ4n) is 3.84. The monoisotopic (exact) mass is 431 g/mol. The van der Waals surface area contributed by atoms with Gasteiger partial charge in [0.25, 0.3) is 5.91 Å². The van der Waals surface area contributed by atoms with Crippen molar-refractivity contribution >= 4 is 46.1 Å². The number of carbonyl (C=O) groups excluding carboxylic acids is 2. The van der Waals surface area contributed by atoms with Crippen molar-refractivity contribution < 1.29 is 9.59 Å². The molecular formula is C23H18ClN5O2. The van der Waals surface area contributed by atoms with E-state index < -0.39 is 6.04 Å². The zero-order valence-corrected chi connectivity index (χ0v) is 17.2. The second-order valence-corrected chi connectivity index (χ2v) is 7.67. The summed E-state index contributed by atoms with van der Waals surface area (Å²) in [5.74, 6) is 0.0375. The molecule has 4 aromatic rings. The molecule has 1 aliphatic heterocycles. The van der Waals surface area contributed by atoms with Gasteiger partial charge in [-0.25, -0.2) is 4.98 Å². The molecule has 3 heterocycles. The number of anilines is 2. The van der Waals surface area contributed by atoms with Gasteiger partial charge in [-0.05, 0) is 36.4 Å². The predicted octanol–water partition coefficient (Wildman–Crippen LogP) is 4.20. The van der Waals surface area contributed by atoms with E-state index in [9.17, 15) is 9.59 Å². The first-order chi connectivity index (χ1) is 15.1. The Kier molecular flexibility index (Phi) is 4.88. The van der Waals surface area contributed by atoms with Gasteiger partial charge >= 0.3 is 0 Å². The summed E-state index contributed by atoms with van der Waals surface area (Å²) in [6.07, 6.45) is 1.66. The van der Waals surface area contributed by atoms with Crippen LogP contribution in [0.4, 0.5) is 11.6 Å². The number of rotatable bonds is 5. The standard InChI is InChI=1S/C23H18ClN5O2/c24-16-8-1-2-9-17(16)26-21(30)13-20-22(31)28(14-15-7-5-6-12-25-15)23-27-18-10-3-4-11-19(18)29(20)23/h1-12,20H,13-14H2,(H,26,30)/t20-/m0/s1. The Labute approximate surface area is 183 Å². The molecule has 1 atom stereocenters. The van der Waals surface area contributed by atoms with E-state index in [1.165, 1.54) is 0 Å². The maximum Gasteiger partial charge on any atom is 0.253 e. The molecule has 8 heteroatoms. The van der Waals surface area contributed by atoms with Crippen LogP contribution in [0.25, 0.3) is 11.0 Å². The molecular weight excluding hydrogens is 414 g/mol.